The summed E-state index contributed by atoms with van der Waals surface area (Å²) in [5.74, 6) is 1.11. The second-order valence-corrected chi connectivity index (χ2v) is 11.9. The van der Waals surface area contributed by atoms with E-state index in [1.54, 1.807) is 7.11 Å². The summed E-state index contributed by atoms with van der Waals surface area (Å²) in [6.45, 7) is 9.60. The van der Waals surface area contributed by atoms with E-state index in [0.29, 0.717) is 17.5 Å². The maximum absolute atomic E-state index is 13.4. The van der Waals surface area contributed by atoms with Gasteiger partial charge in [-0.2, -0.15) is 0 Å². The number of likely N-dealkylation sites (tertiary alicyclic amines) is 2. The molecule has 1 unspecified atom stereocenters. The Hall–Kier alpha value is -2.77. The Balaban J connectivity index is 1.31. The van der Waals surface area contributed by atoms with E-state index in [1.807, 2.05) is 74.2 Å². The Morgan fingerprint density at radius 3 is 2.26 bits per heavy atom. The average Bonchev–Trinajstić information content (AvgIpc) is 3.17. The lowest BCUT2D eigenvalue weighted by atomic mass is 9.77. The number of hydrogen-bond donors (Lipinski definition) is 1. The van der Waals surface area contributed by atoms with Crippen LogP contribution in [0.4, 0.5) is 4.79 Å². The molecule has 1 spiro atoms. The van der Waals surface area contributed by atoms with E-state index in [-0.39, 0.29) is 11.5 Å². The Bertz CT molecular complexity index is 1090. The van der Waals surface area contributed by atoms with Gasteiger partial charge >= 0.3 is 6.09 Å². The van der Waals surface area contributed by atoms with Gasteiger partial charge in [-0.25, -0.2) is 4.79 Å². The molecule has 1 N–H and O–H groups in total. The maximum Gasteiger partial charge on any atom is 0.408 e. The molecule has 2 fully saturated rings. The van der Waals surface area contributed by atoms with Crippen molar-refractivity contribution in [1.82, 2.24) is 15.1 Å². The zero-order chi connectivity index (χ0) is 27.3. The van der Waals surface area contributed by atoms with Gasteiger partial charge < -0.3 is 24.6 Å². The number of alkyl carbamates (subject to hydrolysis) is 1. The van der Waals surface area contributed by atoms with Crippen molar-refractivity contribution in [2.45, 2.75) is 64.6 Å². The number of piperidine rings is 1. The SMILES string of the molecule is COc1ccc(CN2CCC3(CCN(CCC(NC(=O)OC(C)(C)C)c4ccc(Cl)cc4)CC3)C2=O)cc1. The standard InChI is InChI=1S/C30H40ClN3O4/c1-29(2,3)38-28(36)32-26(23-7-9-24(31)10-8-23)13-17-33-18-14-30(15-19-33)16-20-34(27(30)35)21-22-5-11-25(37-4)12-6-22/h5-12,26H,13-21H2,1-4H3,(H,32,36). The van der Waals surface area contributed by atoms with E-state index in [1.165, 1.54) is 0 Å². The Morgan fingerprint density at radius 1 is 1.03 bits per heavy atom. The molecule has 0 radical (unpaired) electrons. The molecular formula is C30H40ClN3O4. The van der Waals surface area contributed by atoms with E-state index >= 15 is 0 Å². The lowest BCUT2D eigenvalue weighted by Crippen LogP contribution is -2.45. The normalized spacial score (nSPS) is 18.4. The van der Waals surface area contributed by atoms with Crippen LogP contribution in [0, 0.1) is 5.41 Å². The Labute approximate surface area is 231 Å². The highest BCUT2D eigenvalue weighted by Crippen LogP contribution is 2.42. The maximum atomic E-state index is 13.4. The van der Waals surface area contributed by atoms with Crippen LogP contribution < -0.4 is 10.1 Å². The predicted octanol–water partition coefficient (Wildman–Crippen LogP) is 5.82. The van der Waals surface area contributed by atoms with Crippen molar-refractivity contribution in [1.29, 1.82) is 0 Å². The number of ether oxygens (including phenoxy) is 2. The van der Waals surface area contributed by atoms with Crippen molar-refractivity contribution >= 4 is 23.6 Å². The molecule has 0 bridgehead atoms. The zero-order valence-corrected chi connectivity index (χ0v) is 23.7. The lowest BCUT2D eigenvalue weighted by molar-refractivity contribution is -0.138. The summed E-state index contributed by atoms with van der Waals surface area (Å²) in [5, 5.41) is 3.70. The number of methoxy groups -OCH3 is 1. The summed E-state index contributed by atoms with van der Waals surface area (Å²) >= 11 is 6.09. The summed E-state index contributed by atoms with van der Waals surface area (Å²) in [6, 6.07) is 15.3. The number of hydrogen-bond acceptors (Lipinski definition) is 5. The van der Waals surface area contributed by atoms with Gasteiger partial charge in [0.05, 0.1) is 18.6 Å². The van der Waals surface area contributed by atoms with E-state index in [4.69, 9.17) is 21.1 Å². The monoisotopic (exact) mass is 541 g/mol. The van der Waals surface area contributed by atoms with Gasteiger partial charge in [0, 0.05) is 24.7 Å². The van der Waals surface area contributed by atoms with Crippen LogP contribution in [0.3, 0.4) is 0 Å². The minimum atomic E-state index is -0.565. The summed E-state index contributed by atoms with van der Waals surface area (Å²) < 4.78 is 10.8. The van der Waals surface area contributed by atoms with Crippen molar-refractivity contribution in [2.24, 2.45) is 5.41 Å². The van der Waals surface area contributed by atoms with Gasteiger partial charge in [0.2, 0.25) is 5.91 Å². The van der Waals surface area contributed by atoms with Gasteiger partial charge in [-0.3, -0.25) is 4.79 Å². The van der Waals surface area contributed by atoms with Crippen LogP contribution in [0.1, 0.15) is 63.6 Å². The number of rotatable bonds is 8. The molecule has 4 rings (SSSR count). The van der Waals surface area contributed by atoms with E-state index < -0.39 is 11.7 Å². The Morgan fingerprint density at radius 2 is 1.66 bits per heavy atom. The quantitative estimate of drug-likeness (QED) is 0.456. The van der Waals surface area contributed by atoms with Crippen molar-refractivity contribution in [3.05, 3.63) is 64.7 Å². The average molecular weight is 542 g/mol. The van der Waals surface area contributed by atoms with Gasteiger partial charge in [-0.15, -0.1) is 0 Å². The Kier molecular flexibility index (Phi) is 8.89. The molecule has 0 saturated carbocycles. The van der Waals surface area contributed by atoms with E-state index in [2.05, 4.69) is 10.2 Å². The second kappa shape index (κ2) is 12.0. The second-order valence-electron chi connectivity index (χ2n) is 11.5. The van der Waals surface area contributed by atoms with Crippen LogP contribution in [0.25, 0.3) is 0 Å². The summed E-state index contributed by atoms with van der Waals surface area (Å²) in [5.41, 5.74) is 1.31. The van der Waals surface area contributed by atoms with Crippen LogP contribution in [-0.2, 0) is 16.1 Å². The molecular weight excluding hydrogens is 502 g/mol. The highest BCUT2D eigenvalue weighted by Gasteiger charge is 2.47. The van der Waals surface area contributed by atoms with Gasteiger partial charge in [0.1, 0.15) is 11.4 Å². The largest absolute Gasteiger partial charge is 0.497 e. The van der Waals surface area contributed by atoms with Crippen molar-refractivity contribution < 1.29 is 19.1 Å². The van der Waals surface area contributed by atoms with Gasteiger partial charge in [0.25, 0.3) is 0 Å². The van der Waals surface area contributed by atoms with Crippen LogP contribution in [-0.4, -0.2) is 60.7 Å². The van der Waals surface area contributed by atoms with Gasteiger partial charge in [-0.1, -0.05) is 35.9 Å². The molecule has 2 heterocycles. The highest BCUT2D eigenvalue weighted by atomic mass is 35.5. The van der Waals surface area contributed by atoms with Gasteiger partial charge in [-0.05, 0) is 94.9 Å². The smallest absolute Gasteiger partial charge is 0.408 e. The van der Waals surface area contributed by atoms with E-state index in [9.17, 15) is 9.59 Å². The van der Waals surface area contributed by atoms with Crippen LogP contribution in [0.5, 0.6) is 5.75 Å². The first-order valence-electron chi connectivity index (χ1n) is 13.5. The summed E-state index contributed by atoms with van der Waals surface area (Å²) in [4.78, 5) is 30.4. The molecule has 0 aromatic heterocycles. The molecule has 0 aliphatic carbocycles. The van der Waals surface area contributed by atoms with Crippen LogP contribution in [0.2, 0.25) is 5.02 Å². The third kappa shape index (κ3) is 7.20. The third-order valence-corrected chi connectivity index (χ3v) is 7.90. The third-order valence-electron chi connectivity index (χ3n) is 7.64. The number of nitrogens with one attached hydrogen (secondary N) is 1. The first kappa shape index (κ1) is 28.2. The van der Waals surface area contributed by atoms with Gasteiger partial charge in [0.15, 0.2) is 0 Å². The van der Waals surface area contributed by atoms with Crippen molar-refractivity contribution in [3.8, 4) is 5.75 Å². The molecule has 2 saturated heterocycles. The molecule has 2 aromatic carbocycles. The van der Waals surface area contributed by atoms with Crippen LogP contribution in [0.15, 0.2) is 48.5 Å². The molecule has 2 amide bonds. The topological polar surface area (TPSA) is 71.1 Å². The fourth-order valence-corrected chi connectivity index (χ4v) is 5.57. The molecule has 1 atom stereocenters. The lowest BCUT2D eigenvalue weighted by Gasteiger charge is -2.38. The van der Waals surface area contributed by atoms with Crippen LogP contribution >= 0.6 is 11.6 Å². The first-order chi connectivity index (χ1) is 18.1. The van der Waals surface area contributed by atoms with Crippen molar-refractivity contribution in [2.75, 3.05) is 33.3 Å². The summed E-state index contributed by atoms with van der Waals surface area (Å²) in [7, 11) is 1.66. The molecule has 2 aliphatic heterocycles. The predicted molar refractivity (Wildman–Crippen MR) is 149 cm³/mol. The molecule has 8 heteroatoms. The molecule has 38 heavy (non-hydrogen) atoms. The number of carbonyl (C=O) groups excluding carboxylic acids is 2. The van der Waals surface area contributed by atoms with Crippen molar-refractivity contribution in [3.63, 3.8) is 0 Å². The molecule has 206 valence electrons. The zero-order valence-electron chi connectivity index (χ0n) is 23.0. The van der Waals surface area contributed by atoms with E-state index in [0.717, 1.165) is 68.7 Å². The number of carbonyl (C=O) groups is 2. The fraction of sp³-hybridized carbons (Fsp3) is 0.533. The first-order valence-corrected chi connectivity index (χ1v) is 13.8. The number of amides is 2. The number of nitrogens with zero attached hydrogens (tertiary/aromatic N) is 2. The molecule has 2 aromatic rings. The minimum absolute atomic E-state index is 0.189. The number of benzene rings is 2. The highest BCUT2D eigenvalue weighted by molar-refractivity contribution is 6.30. The number of halogens is 1. The molecule has 7 nitrogen and oxygen atoms in total. The minimum Gasteiger partial charge on any atom is -0.497 e. The molecule has 2 aliphatic rings. The fourth-order valence-electron chi connectivity index (χ4n) is 5.44. The summed E-state index contributed by atoms with van der Waals surface area (Å²) in [6.07, 6.45) is 2.98.